The van der Waals surface area contributed by atoms with E-state index in [9.17, 15) is 0 Å². The van der Waals surface area contributed by atoms with E-state index in [0.717, 1.165) is 23.6 Å². The Bertz CT molecular complexity index is 479. The fourth-order valence-electron chi connectivity index (χ4n) is 1.54. The Balaban J connectivity index is 2.07. The lowest BCUT2D eigenvalue weighted by Gasteiger charge is -2.11. The maximum atomic E-state index is 8.51. The van der Waals surface area contributed by atoms with Gasteiger partial charge in [-0.05, 0) is 19.2 Å². The Kier molecular flexibility index (Phi) is 3.50. The Morgan fingerprint density at radius 2 is 2.25 bits per heavy atom. The molecule has 82 valence electrons. The van der Waals surface area contributed by atoms with E-state index in [2.05, 4.69) is 22.0 Å². The molecule has 2 rings (SSSR count). The third-order valence-electron chi connectivity index (χ3n) is 2.35. The fraction of sp³-hybridized carbons (Fsp3) is 0.333. The molecule has 0 bridgehead atoms. The van der Waals surface area contributed by atoms with Crippen LogP contribution in [0.4, 0.5) is 0 Å². The molecule has 4 heteroatoms. The van der Waals surface area contributed by atoms with E-state index < -0.39 is 0 Å². The van der Waals surface area contributed by atoms with Crippen molar-refractivity contribution < 1.29 is 0 Å². The van der Waals surface area contributed by atoms with Crippen molar-refractivity contribution in [3.8, 4) is 6.07 Å². The summed E-state index contributed by atoms with van der Waals surface area (Å²) in [4.78, 5) is 6.68. The van der Waals surface area contributed by atoms with Crippen LogP contribution in [-0.2, 0) is 6.54 Å². The predicted molar refractivity (Wildman–Crippen MR) is 66.2 cm³/mol. The van der Waals surface area contributed by atoms with Crippen molar-refractivity contribution in [2.45, 2.75) is 13.0 Å². The van der Waals surface area contributed by atoms with Crippen LogP contribution in [0.15, 0.2) is 24.3 Å². The number of benzene rings is 1. The maximum Gasteiger partial charge on any atom is 0.108 e. The molecule has 0 unspecified atom stereocenters. The number of thiazole rings is 1. The summed E-state index contributed by atoms with van der Waals surface area (Å²) in [6, 6.07) is 10.3. The van der Waals surface area contributed by atoms with Crippen LogP contribution >= 0.6 is 11.3 Å². The minimum atomic E-state index is 0.571. The van der Waals surface area contributed by atoms with Gasteiger partial charge in [-0.2, -0.15) is 5.26 Å². The third-order valence-corrected chi connectivity index (χ3v) is 3.37. The molecule has 0 aliphatic carbocycles. The quantitative estimate of drug-likeness (QED) is 0.812. The van der Waals surface area contributed by atoms with Crippen LogP contribution in [0.5, 0.6) is 0 Å². The van der Waals surface area contributed by atoms with Crippen molar-refractivity contribution in [2.75, 3.05) is 13.6 Å². The average Bonchev–Trinajstić information content (AvgIpc) is 2.68. The standard InChI is InChI=1S/C12H13N3S/c1-15(8-4-7-13)9-12-14-10-5-2-3-6-11(10)16-12/h2-3,5-6H,4,8-9H2,1H3. The molecule has 0 saturated carbocycles. The molecule has 1 heterocycles. The molecule has 0 fully saturated rings. The van der Waals surface area contributed by atoms with Gasteiger partial charge in [0.05, 0.1) is 22.8 Å². The summed E-state index contributed by atoms with van der Waals surface area (Å²) in [6.07, 6.45) is 0.571. The first-order chi connectivity index (χ1) is 7.79. The van der Waals surface area contributed by atoms with Crippen LogP contribution in [0.3, 0.4) is 0 Å². The second-order valence-electron chi connectivity index (χ2n) is 3.72. The molecule has 0 spiro atoms. The van der Waals surface area contributed by atoms with Gasteiger partial charge >= 0.3 is 0 Å². The fourth-order valence-corrected chi connectivity index (χ4v) is 2.59. The first-order valence-electron chi connectivity index (χ1n) is 5.19. The summed E-state index contributed by atoms with van der Waals surface area (Å²) in [7, 11) is 2.02. The molecule has 1 aromatic carbocycles. The molecule has 16 heavy (non-hydrogen) atoms. The van der Waals surface area contributed by atoms with Crippen LogP contribution < -0.4 is 0 Å². The van der Waals surface area contributed by atoms with Gasteiger partial charge in [0.15, 0.2) is 0 Å². The van der Waals surface area contributed by atoms with Gasteiger partial charge in [-0.15, -0.1) is 11.3 Å². The van der Waals surface area contributed by atoms with E-state index in [4.69, 9.17) is 5.26 Å². The highest BCUT2D eigenvalue weighted by Gasteiger charge is 2.05. The number of fused-ring (bicyclic) bond motifs is 1. The van der Waals surface area contributed by atoms with Gasteiger partial charge < -0.3 is 0 Å². The Morgan fingerprint density at radius 1 is 1.44 bits per heavy atom. The van der Waals surface area contributed by atoms with E-state index >= 15 is 0 Å². The number of nitrogens with zero attached hydrogens (tertiary/aromatic N) is 3. The van der Waals surface area contributed by atoms with Crippen molar-refractivity contribution in [3.05, 3.63) is 29.3 Å². The maximum absolute atomic E-state index is 8.51. The molecular weight excluding hydrogens is 218 g/mol. The molecule has 0 aliphatic rings. The average molecular weight is 231 g/mol. The minimum absolute atomic E-state index is 0.571. The number of para-hydroxylation sites is 1. The Labute approximate surface area is 99.0 Å². The zero-order chi connectivity index (χ0) is 11.4. The van der Waals surface area contributed by atoms with E-state index in [1.165, 1.54) is 4.70 Å². The van der Waals surface area contributed by atoms with Crippen molar-refractivity contribution >= 4 is 21.6 Å². The zero-order valence-electron chi connectivity index (χ0n) is 9.18. The van der Waals surface area contributed by atoms with Crippen LogP contribution in [0.2, 0.25) is 0 Å². The van der Waals surface area contributed by atoms with E-state index in [1.54, 1.807) is 11.3 Å². The highest BCUT2D eigenvalue weighted by Crippen LogP contribution is 2.22. The van der Waals surface area contributed by atoms with Gasteiger partial charge in [0.1, 0.15) is 5.01 Å². The van der Waals surface area contributed by atoms with Crippen LogP contribution in [0.25, 0.3) is 10.2 Å². The summed E-state index contributed by atoms with van der Waals surface area (Å²) in [5, 5.41) is 9.62. The normalized spacial score (nSPS) is 10.8. The predicted octanol–water partition coefficient (Wildman–Crippen LogP) is 2.64. The third kappa shape index (κ3) is 2.57. The lowest BCUT2D eigenvalue weighted by Crippen LogP contribution is -2.18. The minimum Gasteiger partial charge on any atom is -0.299 e. The van der Waals surface area contributed by atoms with Gasteiger partial charge in [0.2, 0.25) is 0 Å². The first-order valence-corrected chi connectivity index (χ1v) is 6.01. The van der Waals surface area contributed by atoms with Gasteiger partial charge in [0, 0.05) is 13.0 Å². The SMILES string of the molecule is CN(CCC#N)Cc1nc2ccccc2s1. The summed E-state index contributed by atoms with van der Waals surface area (Å²) >= 11 is 1.72. The molecule has 0 amide bonds. The molecule has 0 saturated heterocycles. The van der Waals surface area contributed by atoms with E-state index in [1.807, 2.05) is 25.2 Å². The summed E-state index contributed by atoms with van der Waals surface area (Å²) in [5.41, 5.74) is 1.07. The number of rotatable bonds is 4. The summed E-state index contributed by atoms with van der Waals surface area (Å²) in [5.74, 6) is 0. The second-order valence-corrected chi connectivity index (χ2v) is 4.84. The largest absolute Gasteiger partial charge is 0.299 e. The van der Waals surface area contributed by atoms with Crippen LogP contribution in [-0.4, -0.2) is 23.5 Å². The van der Waals surface area contributed by atoms with Gasteiger partial charge in [0.25, 0.3) is 0 Å². The smallest absolute Gasteiger partial charge is 0.108 e. The highest BCUT2D eigenvalue weighted by molar-refractivity contribution is 7.18. The Morgan fingerprint density at radius 3 is 3.00 bits per heavy atom. The molecule has 0 aliphatic heterocycles. The van der Waals surface area contributed by atoms with Gasteiger partial charge in [-0.1, -0.05) is 12.1 Å². The lowest BCUT2D eigenvalue weighted by atomic mass is 10.3. The van der Waals surface area contributed by atoms with Crippen molar-refractivity contribution in [1.82, 2.24) is 9.88 Å². The molecule has 1 aromatic heterocycles. The zero-order valence-corrected chi connectivity index (χ0v) is 10.00. The summed E-state index contributed by atoms with van der Waals surface area (Å²) < 4.78 is 1.23. The Hall–Kier alpha value is -1.44. The second kappa shape index (κ2) is 5.06. The molecule has 0 atom stereocenters. The van der Waals surface area contributed by atoms with E-state index in [-0.39, 0.29) is 0 Å². The highest BCUT2D eigenvalue weighted by atomic mass is 32.1. The van der Waals surface area contributed by atoms with Crippen LogP contribution in [0.1, 0.15) is 11.4 Å². The van der Waals surface area contributed by atoms with Crippen LogP contribution in [0, 0.1) is 11.3 Å². The van der Waals surface area contributed by atoms with Crippen molar-refractivity contribution in [3.63, 3.8) is 0 Å². The number of hydrogen-bond donors (Lipinski definition) is 0. The molecular formula is C12H13N3S. The van der Waals surface area contributed by atoms with Gasteiger partial charge in [-0.25, -0.2) is 4.98 Å². The first kappa shape index (κ1) is 11.1. The molecule has 0 N–H and O–H groups in total. The number of nitriles is 1. The van der Waals surface area contributed by atoms with Crippen molar-refractivity contribution in [2.24, 2.45) is 0 Å². The monoisotopic (exact) mass is 231 g/mol. The topological polar surface area (TPSA) is 39.9 Å². The number of hydrogen-bond acceptors (Lipinski definition) is 4. The number of aromatic nitrogens is 1. The summed E-state index contributed by atoms with van der Waals surface area (Å²) in [6.45, 7) is 1.62. The van der Waals surface area contributed by atoms with E-state index in [0.29, 0.717) is 6.42 Å². The van der Waals surface area contributed by atoms with Gasteiger partial charge in [-0.3, -0.25) is 4.90 Å². The lowest BCUT2D eigenvalue weighted by molar-refractivity contribution is 0.334. The van der Waals surface area contributed by atoms with Crippen molar-refractivity contribution in [1.29, 1.82) is 5.26 Å². The molecule has 3 nitrogen and oxygen atoms in total. The molecule has 2 aromatic rings. The molecule has 0 radical (unpaired) electrons.